The monoisotopic (exact) mass is 282 g/mol. The zero-order chi connectivity index (χ0) is 14.8. The molecule has 2 unspecified atom stereocenters. The molecule has 3 heterocycles. The van der Waals surface area contributed by atoms with E-state index in [-0.39, 0.29) is 0 Å². The maximum Gasteiger partial charge on any atom is 0.163 e. The number of pyridine rings is 1. The smallest absolute Gasteiger partial charge is 0.163 e. The van der Waals surface area contributed by atoms with Crippen molar-refractivity contribution in [3.63, 3.8) is 0 Å². The van der Waals surface area contributed by atoms with E-state index in [9.17, 15) is 0 Å². The van der Waals surface area contributed by atoms with E-state index in [0.29, 0.717) is 6.04 Å². The average Bonchev–Trinajstić information content (AvgIpc) is 2.50. The first-order chi connectivity index (χ1) is 10.1. The Labute approximate surface area is 126 Å². The molecule has 2 aromatic rings. The molecule has 2 aromatic heterocycles. The van der Waals surface area contributed by atoms with Gasteiger partial charge in [0.1, 0.15) is 5.82 Å². The van der Waals surface area contributed by atoms with Gasteiger partial charge in [-0.3, -0.25) is 4.98 Å². The molecule has 4 nitrogen and oxygen atoms in total. The topological polar surface area (TPSA) is 41.9 Å². The van der Waals surface area contributed by atoms with Crippen molar-refractivity contribution in [1.29, 1.82) is 0 Å². The van der Waals surface area contributed by atoms with E-state index in [0.717, 1.165) is 35.4 Å². The predicted molar refractivity (Wildman–Crippen MR) is 85.2 cm³/mol. The van der Waals surface area contributed by atoms with Crippen LogP contribution < -0.4 is 4.90 Å². The summed E-state index contributed by atoms with van der Waals surface area (Å²) in [5.41, 5.74) is 1.98. The molecule has 0 radical (unpaired) electrons. The Balaban J connectivity index is 1.98. The predicted octanol–water partition coefficient (Wildman–Crippen LogP) is 3.47. The van der Waals surface area contributed by atoms with Gasteiger partial charge in [0.15, 0.2) is 5.82 Å². The van der Waals surface area contributed by atoms with Gasteiger partial charge in [-0.25, -0.2) is 9.97 Å². The third kappa shape index (κ3) is 3.04. The molecule has 1 saturated heterocycles. The van der Waals surface area contributed by atoms with Crippen LogP contribution in [0.4, 0.5) is 5.82 Å². The normalized spacial score (nSPS) is 22.3. The zero-order valence-electron chi connectivity index (χ0n) is 13.0. The lowest BCUT2D eigenvalue weighted by Crippen LogP contribution is -2.41. The number of rotatable bonds is 2. The van der Waals surface area contributed by atoms with Crippen molar-refractivity contribution in [2.24, 2.45) is 5.92 Å². The van der Waals surface area contributed by atoms with Crippen molar-refractivity contribution in [3.05, 3.63) is 36.3 Å². The lowest BCUT2D eigenvalue weighted by atomic mass is 9.95. The number of piperidine rings is 1. The minimum absolute atomic E-state index is 0.539. The number of hydrogen-bond donors (Lipinski definition) is 0. The number of aryl methyl sites for hydroxylation is 1. The van der Waals surface area contributed by atoms with E-state index >= 15 is 0 Å². The molecule has 0 aliphatic carbocycles. The number of anilines is 1. The minimum Gasteiger partial charge on any atom is -0.354 e. The molecular weight excluding hydrogens is 260 g/mol. The average molecular weight is 282 g/mol. The summed E-state index contributed by atoms with van der Waals surface area (Å²) in [4.78, 5) is 15.9. The molecule has 110 valence electrons. The van der Waals surface area contributed by atoms with Crippen LogP contribution in [0.5, 0.6) is 0 Å². The third-order valence-corrected chi connectivity index (χ3v) is 4.17. The lowest BCUT2D eigenvalue weighted by Gasteiger charge is -2.37. The fourth-order valence-corrected chi connectivity index (χ4v) is 2.93. The molecular formula is C17H22N4. The van der Waals surface area contributed by atoms with Crippen LogP contribution >= 0.6 is 0 Å². The van der Waals surface area contributed by atoms with Crippen molar-refractivity contribution in [3.8, 4) is 11.4 Å². The first kappa shape index (κ1) is 14.0. The van der Waals surface area contributed by atoms with Gasteiger partial charge in [0, 0.05) is 42.3 Å². The van der Waals surface area contributed by atoms with Crippen molar-refractivity contribution < 1.29 is 0 Å². The summed E-state index contributed by atoms with van der Waals surface area (Å²) in [6.07, 6.45) is 6.12. The van der Waals surface area contributed by atoms with Crippen LogP contribution in [0.2, 0.25) is 0 Å². The quantitative estimate of drug-likeness (QED) is 0.845. The van der Waals surface area contributed by atoms with E-state index < -0.39 is 0 Å². The fourth-order valence-electron chi connectivity index (χ4n) is 2.93. The van der Waals surface area contributed by atoms with Gasteiger partial charge in [-0.2, -0.15) is 0 Å². The zero-order valence-corrected chi connectivity index (χ0v) is 13.0. The number of nitrogens with zero attached hydrogens (tertiary/aromatic N) is 4. The van der Waals surface area contributed by atoms with E-state index in [2.05, 4.69) is 34.8 Å². The van der Waals surface area contributed by atoms with Crippen LogP contribution in [0.1, 0.15) is 32.4 Å². The Morgan fingerprint density at radius 3 is 2.81 bits per heavy atom. The molecule has 0 spiro atoms. The summed E-state index contributed by atoms with van der Waals surface area (Å²) in [6, 6.07) is 6.56. The standard InChI is InChI=1S/C17H22N4/c1-12-6-7-14(3)21(11-12)16-9-13(2)19-17(20-16)15-5-4-8-18-10-15/h4-5,8-10,12,14H,6-7,11H2,1-3H3. The van der Waals surface area contributed by atoms with Crippen LogP contribution in [0.3, 0.4) is 0 Å². The van der Waals surface area contributed by atoms with Gasteiger partial charge in [0.25, 0.3) is 0 Å². The van der Waals surface area contributed by atoms with Gasteiger partial charge in [0.2, 0.25) is 0 Å². The highest BCUT2D eigenvalue weighted by Crippen LogP contribution is 2.27. The lowest BCUT2D eigenvalue weighted by molar-refractivity contribution is 0.388. The summed E-state index contributed by atoms with van der Waals surface area (Å²) in [7, 11) is 0. The minimum atomic E-state index is 0.539. The van der Waals surface area contributed by atoms with Crippen molar-refractivity contribution >= 4 is 5.82 Å². The number of aromatic nitrogens is 3. The SMILES string of the molecule is Cc1cc(N2CC(C)CCC2C)nc(-c2cccnc2)n1. The van der Waals surface area contributed by atoms with Gasteiger partial charge in [-0.1, -0.05) is 6.92 Å². The maximum absolute atomic E-state index is 4.79. The van der Waals surface area contributed by atoms with Gasteiger partial charge < -0.3 is 4.90 Å². The second-order valence-corrected chi connectivity index (χ2v) is 6.12. The summed E-state index contributed by atoms with van der Waals surface area (Å²) >= 11 is 0. The molecule has 1 aliphatic rings. The second kappa shape index (κ2) is 5.80. The molecule has 3 rings (SSSR count). The van der Waals surface area contributed by atoms with Crippen LogP contribution in [0.15, 0.2) is 30.6 Å². The Hall–Kier alpha value is -1.97. The van der Waals surface area contributed by atoms with Gasteiger partial charge in [-0.05, 0) is 44.7 Å². The molecule has 0 aromatic carbocycles. The van der Waals surface area contributed by atoms with Crippen molar-refractivity contribution in [2.75, 3.05) is 11.4 Å². The molecule has 4 heteroatoms. The molecule has 0 bridgehead atoms. The fraction of sp³-hybridized carbons (Fsp3) is 0.471. The van der Waals surface area contributed by atoms with E-state index in [4.69, 9.17) is 4.98 Å². The Kier molecular flexibility index (Phi) is 3.86. The summed E-state index contributed by atoms with van der Waals surface area (Å²) in [5, 5.41) is 0. The highest BCUT2D eigenvalue weighted by Gasteiger charge is 2.24. The van der Waals surface area contributed by atoms with Crippen LogP contribution in [-0.4, -0.2) is 27.5 Å². The first-order valence-corrected chi connectivity index (χ1v) is 7.66. The molecule has 0 saturated carbocycles. The number of hydrogen-bond acceptors (Lipinski definition) is 4. The molecule has 21 heavy (non-hydrogen) atoms. The first-order valence-electron chi connectivity index (χ1n) is 7.66. The van der Waals surface area contributed by atoms with Crippen LogP contribution in [0, 0.1) is 12.8 Å². The molecule has 1 fully saturated rings. The third-order valence-electron chi connectivity index (χ3n) is 4.17. The van der Waals surface area contributed by atoms with E-state index in [1.54, 1.807) is 6.20 Å². The molecule has 2 atom stereocenters. The summed E-state index contributed by atoms with van der Waals surface area (Å²) in [5.74, 6) is 2.53. The molecule has 1 aliphatic heterocycles. The Bertz CT molecular complexity index is 611. The van der Waals surface area contributed by atoms with Crippen LogP contribution in [-0.2, 0) is 0 Å². The highest BCUT2D eigenvalue weighted by molar-refractivity contribution is 5.57. The van der Waals surface area contributed by atoms with E-state index in [1.165, 1.54) is 12.8 Å². The largest absolute Gasteiger partial charge is 0.354 e. The van der Waals surface area contributed by atoms with Crippen molar-refractivity contribution in [1.82, 2.24) is 15.0 Å². The maximum atomic E-state index is 4.79. The summed E-state index contributed by atoms with van der Waals surface area (Å²) < 4.78 is 0. The molecule has 0 amide bonds. The van der Waals surface area contributed by atoms with Gasteiger partial charge in [0.05, 0.1) is 0 Å². The molecule has 0 N–H and O–H groups in total. The van der Waals surface area contributed by atoms with Gasteiger partial charge >= 0.3 is 0 Å². The van der Waals surface area contributed by atoms with E-state index in [1.807, 2.05) is 25.3 Å². The van der Waals surface area contributed by atoms with Crippen LogP contribution in [0.25, 0.3) is 11.4 Å². The highest BCUT2D eigenvalue weighted by atomic mass is 15.2. The second-order valence-electron chi connectivity index (χ2n) is 6.12. The Morgan fingerprint density at radius 2 is 2.05 bits per heavy atom. The summed E-state index contributed by atoms with van der Waals surface area (Å²) in [6.45, 7) is 7.70. The van der Waals surface area contributed by atoms with Crippen molar-refractivity contribution in [2.45, 2.75) is 39.7 Å². The van der Waals surface area contributed by atoms with Gasteiger partial charge in [-0.15, -0.1) is 0 Å². The Morgan fingerprint density at radius 1 is 1.19 bits per heavy atom.